The van der Waals surface area contributed by atoms with Crippen LogP contribution < -0.4 is 18.9 Å². The summed E-state index contributed by atoms with van der Waals surface area (Å²) in [5, 5.41) is 0. The highest BCUT2D eigenvalue weighted by atomic mass is 19.1. The van der Waals surface area contributed by atoms with E-state index >= 15 is 0 Å². The second-order valence-electron chi connectivity index (χ2n) is 6.56. The van der Waals surface area contributed by atoms with Gasteiger partial charge in [-0.2, -0.15) is 0 Å². The number of ether oxygens (including phenoxy) is 5. The predicted molar refractivity (Wildman–Crippen MR) is 105 cm³/mol. The smallest absolute Gasteiger partial charge is 0.227 e. The number of benzene rings is 3. The van der Waals surface area contributed by atoms with Crippen molar-refractivity contribution in [3.05, 3.63) is 83.2 Å². The molecule has 1 atom stereocenters. The van der Waals surface area contributed by atoms with Crippen LogP contribution in [0.2, 0.25) is 0 Å². The monoisotopic (exact) mass is 396 g/mol. The van der Waals surface area contributed by atoms with E-state index in [2.05, 4.69) is 0 Å². The zero-order valence-corrected chi connectivity index (χ0v) is 16.2. The van der Waals surface area contributed by atoms with E-state index in [1.165, 1.54) is 12.1 Å². The maximum Gasteiger partial charge on any atom is 0.227 e. The average Bonchev–Trinajstić information content (AvgIpc) is 2.77. The highest BCUT2D eigenvalue weighted by Gasteiger charge is 2.25. The minimum Gasteiger partial charge on any atom is -0.496 e. The average molecular weight is 396 g/mol. The lowest BCUT2D eigenvalue weighted by Gasteiger charge is -2.28. The Morgan fingerprint density at radius 3 is 2.31 bits per heavy atom. The topological polar surface area (TPSA) is 46.2 Å². The van der Waals surface area contributed by atoms with Crippen molar-refractivity contribution in [2.45, 2.75) is 19.5 Å². The molecular formula is C23H21FO5. The second-order valence-corrected chi connectivity index (χ2v) is 6.56. The molecule has 0 bridgehead atoms. The molecule has 6 heteroatoms. The molecular weight excluding hydrogens is 375 g/mol. The molecule has 3 aromatic carbocycles. The molecule has 3 aromatic rings. The molecule has 0 spiro atoms. The first-order valence-electron chi connectivity index (χ1n) is 9.16. The largest absolute Gasteiger partial charge is 0.496 e. The van der Waals surface area contributed by atoms with Gasteiger partial charge in [0.1, 0.15) is 35.4 Å². The van der Waals surface area contributed by atoms with Crippen LogP contribution in [0.5, 0.6) is 23.0 Å². The minimum absolute atomic E-state index is 0.123. The second kappa shape index (κ2) is 8.41. The van der Waals surface area contributed by atoms with Gasteiger partial charge in [-0.1, -0.05) is 30.3 Å². The lowest BCUT2D eigenvalue weighted by atomic mass is 10.1. The predicted octanol–water partition coefficient (Wildman–Crippen LogP) is 5.03. The van der Waals surface area contributed by atoms with E-state index in [9.17, 15) is 4.39 Å². The van der Waals surface area contributed by atoms with Gasteiger partial charge in [-0.15, -0.1) is 0 Å². The van der Waals surface area contributed by atoms with Crippen LogP contribution in [0.3, 0.4) is 0 Å². The minimum atomic E-state index is -0.551. The molecule has 1 heterocycles. The van der Waals surface area contributed by atoms with Gasteiger partial charge in [-0.05, 0) is 12.1 Å². The summed E-state index contributed by atoms with van der Waals surface area (Å²) < 4.78 is 42.4. The molecule has 0 unspecified atom stereocenters. The van der Waals surface area contributed by atoms with E-state index in [-0.39, 0.29) is 19.0 Å². The highest BCUT2D eigenvalue weighted by molar-refractivity contribution is 5.45. The zero-order chi connectivity index (χ0) is 20.2. The summed E-state index contributed by atoms with van der Waals surface area (Å²) in [6.07, 6.45) is -0.551. The summed E-state index contributed by atoms with van der Waals surface area (Å²) in [4.78, 5) is 0. The van der Waals surface area contributed by atoms with E-state index in [0.29, 0.717) is 34.1 Å². The van der Waals surface area contributed by atoms with Crippen molar-refractivity contribution in [3.8, 4) is 23.0 Å². The zero-order valence-electron chi connectivity index (χ0n) is 16.2. The molecule has 5 nitrogen and oxygen atoms in total. The normalized spacial score (nSPS) is 15.2. The van der Waals surface area contributed by atoms with E-state index in [1.54, 1.807) is 32.4 Å². The fraction of sp³-hybridized carbons (Fsp3) is 0.217. The van der Waals surface area contributed by atoms with Gasteiger partial charge in [0.25, 0.3) is 0 Å². The summed E-state index contributed by atoms with van der Waals surface area (Å²) in [6, 6.07) is 17.7. The van der Waals surface area contributed by atoms with Crippen molar-refractivity contribution >= 4 is 0 Å². The van der Waals surface area contributed by atoms with Crippen LogP contribution >= 0.6 is 0 Å². The van der Waals surface area contributed by atoms with Crippen LogP contribution in [-0.4, -0.2) is 14.2 Å². The Morgan fingerprint density at radius 1 is 0.931 bits per heavy atom. The molecule has 0 aliphatic carbocycles. The fourth-order valence-corrected chi connectivity index (χ4v) is 3.18. The number of hydrogen-bond donors (Lipinski definition) is 0. The summed E-state index contributed by atoms with van der Waals surface area (Å²) in [5.41, 5.74) is 2.15. The summed E-state index contributed by atoms with van der Waals surface area (Å²) in [5.74, 6) is 1.98. The lowest BCUT2D eigenvalue weighted by Crippen LogP contribution is -2.19. The van der Waals surface area contributed by atoms with Gasteiger partial charge in [0, 0.05) is 34.9 Å². The SMILES string of the molecule is COc1cc(OC)cc(OCc2cc(F)cc3c2O[C@@H](c2ccccc2)OC3)c1. The van der Waals surface area contributed by atoms with E-state index in [1.807, 2.05) is 30.3 Å². The van der Waals surface area contributed by atoms with Gasteiger partial charge in [0.05, 0.1) is 20.8 Å². The van der Waals surface area contributed by atoms with E-state index in [0.717, 1.165) is 5.56 Å². The van der Waals surface area contributed by atoms with Gasteiger partial charge in [0.15, 0.2) is 0 Å². The van der Waals surface area contributed by atoms with Crippen molar-refractivity contribution in [1.82, 2.24) is 0 Å². The molecule has 1 aliphatic rings. The summed E-state index contributed by atoms with van der Waals surface area (Å²) in [6.45, 7) is 0.380. The first-order chi connectivity index (χ1) is 14.2. The maximum atomic E-state index is 14.1. The Kier molecular flexibility index (Phi) is 5.53. The molecule has 0 fully saturated rings. The molecule has 0 saturated carbocycles. The molecule has 0 saturated heterocycles. The molecule has 0 aromatic heterocycles. The third kappa shape index (κ3) is 4.27. The Hall–Kier alpha value is -3.25. The van der Waals surface area contributed by atoms with Crippen LogP contribution in [0.4, 0.5) is 4.39 Å². The molecule has 29 heavy (non-hydrogen) atoms. The Bertz CT molecular complexity index is 968. The van der Waals surface area contributed by atoms with Crippen molar-refractivity contribution in [2.75, 3.05) is 14.2 Å². The van der Waals surface area contributed by atoms with Gasteiger partial charge < -0.3 is 23.7 Å². The number of rotatable bonds is 6. The Balaban J connectivity index is 1.58. The Morgan fingerprint density at radius 2 is 1.62 bits per heavy atom. The highest BCUT2D eigenvalue weighted by Crippen LogP contribution is 2.37. The van der Waals surface area contributed by atoms with Crippen LogP contribution in [-0.2, 0) is 18.0 Å². The standard InChI is InChI=1S/C23H21FO5/c1-25-19-10-20(26-2)12-21(11-19)27-13-16-8-18(24)9-17-14-28-23(29-22(16)17)15-6-4-3-5-7-15/h3-12,23H,13-14H2,1-2H3/t23-/m0/s1. The first kappa shape index (κ1) is 19.1. The number of hydrogen-bond acceptors (Lipinski definition) is 5. The molecule has 150 valence electrons. The van der Waals surface area contributed by atoms with E-state index < -0.39 is 6.29 Å². The third-order valence-corrected chi connectivity index (χ3v) is 4.61. The first-order valence-corrected chi connectivity index (χ1v) is 9.16. The molecule has 0 N–H and O–H groups in total. The van der Waals surface area contributed by atoms with Crippen molar-refractivity contribution in [1.29, 1.82) is 0 Å². The Labute approximate surface area is 168 Å². The molecule has 4 rings (SSSR count). The van der Waals surface area contributed by atoms with Gasteiger partial charge in [-0.3, -0.25) is 0 Å². The third-order valence-electron chi connectivity index (χ3n) is 4.61. The number of fused-ring (bicyclic) bond motifs is 1. The summed E-state index contributed by atoms with van der Waals surface area (Å²) in [7, 11) is 3.14. The van der Waals surface area contributed by atoms with Crippen LogP contribution in [0.1, 0.15) is 23.0 Å². The summed E-state index contributed by atoms with van der Waals surface area (Å²) >= 11 is 0. The quantitative estimate of drug-likeness (QED) is 0.585. The fourth-order valence-electron chi connectivity index (χ4n) is 3.18. The van der Waals surface area contributed by atoms with Crippen molar-refractivity contribution in [3.63, 3.8) is 0 Å². The van der Waals surface area contributed by atoms with Crippen molar-refractivity contribution in [2.24, 2.45) is 0 Å². The maximum absolute atomic E-state index is 14.1. The van der Waals surface area contributed by atoms with Crippen molar-refractivity contribution < 1.29 is 28.1 Å². The van der Waals surface area contributed by atoms with Gasteiger partial charge in [-0.25, -0.2) is 4.39 Å². The van der Waals surface area contributed by atoms with Crippen LogP contribution in [0.15, 0.2) is 60.7 Å². The lowest BCUT2D eigenvalue weighted by molar-refractivity contribution is -0.112. The van der Waals surface area contributed by atoms with E-state index in [4.69, 9.17) is 23.7 Å². The van der Waals surface area contributed by atoms with Crippen LogP contribution in [0.25, 0.3) is 0 Å². The molecule has 1 aliphatic heterocycles. The number of methoxy groups -OCH3 is 2. The van der Waals surface area contributed by atoms with Gasteiger partial charge >= 0.3 is 0 Å². The molecule has 0 amide bonds. The molecule has 0 radical (unpaired) electrons. The van der Waals surface area contributed by atoms with Crippen LogP contribution in [0, 0.1) is 5.82 Å². The van der Waals surface area contributed by atoms with Gasteiger partial charge in [0.2, 0.25) is 6.29 Å². The number of halogens is 1.